The van der Waals surface area contributed by atoms with Crippen molar-refractivity contribution in [1.82, 2.24) is 0 Å². The van der Waals surface area contributed by atoms with Gasteiger partial charge in [0.25, 0.3) is 0 Å². The third-order valence-corrected chi connectivity index (χ3v) is 4.30. The molecule has 2 aromatic rings. The van der Waals surface area contributed by atoms with E-state index >= 15 is 0 Å². The molecule has 0 N–H and O–H groups in total. The predicted molar refractivity (Wildman–Crippen MR) is 97.7 cm³/mol. The van der Waals surface area contributed by atoms with Crippen molar-refractivity contribution >= 4 is 40.9 Å². The number of ketones is 1. The number of hydrogen-bond donors (Lipinski definition) is 0. The van der Waals surface area contributed by atoms with Crippen LogP contribution < -0.4 is 9.47 Å². The van der Waals surface area contributed by atoms with Gasteiger partial charge in [-0.3, -0.25) is 14.4 Å². The van der Waals surface area contributed by atoms with E-state index in [1.54, 1.807) is 48.5 Å². The van der Waals surface area contributed by atoms with Crippen molar-refractivity contribution in [3.63, 3.8) is 0 Å². The van der Waals surface area contributed by atoms with E-state index in [1.807, 2.05) is 0 Å². The van der Waals surface area contributed by atoms with Crippen LogP contribution in [0.25, 0.3) is 0 Å². The Hall–Kier alpha value is -2.37. The second-order valence-corrected chi connectivity index (χ2v) is 6.33. The third-order valence-electron chi connectivity index (χ3n) is 3.37. The number of carbonyl (C=O) groups is 3. The smallest absolute Gasteiger partial charge is 0.308 e. The molecule has 0 fully saturated rings. The molecule has 0 heterocycles. The molecular formula is C19H16Cl2O5. The summed E-state index contributed by atoms with van der Waals surface area (Å²) >= 11 is 12.5. The normalized spacial score (nSPS) is 12.8. The lowest BCUT2D eigenvalue weighted by atomic mass is 10.0. The van der Waals surface area contributed by atoms with Crippen LogP contribution in [0.1, 0.15) is 35.7 Å². The summed E-state index contributed by atoms with van der Waals surface area (Å²) in [7, 11) is 0. The molecule has 2 aromatic carbocycles. The number of rotatable bonds is 6. The highest BCUT2D eigenvalue weighted by Crippen LogP contribution is 2.33. The van der Waals surface area contributed by atoms with Crippen LogP contribution in [0.4, 0.5) is 0 Å². The molecule has 0 radical (unpaired) electrons. The van der Waals surface area contributed by atoms with Gasteiger partial charge >= 0.3 is 11.9 Å². The molecule has 2 atom stereocenters. The van der Waals surface area contributed by atoms with Crippen molar-refractivity contribution in [2.75, 3.05) is 0 Å². The fraction of sp³-hybridized carbons (Fsp3) is 0.211. The highest BCUT2D eigenvalue weighted by molar-refractivity contribution is 6.40. The summed E-state index contributed by atoms with van der Waals surface area (Å²) in [5, 5.41) is -1.92. The van der Waals surface area contributed by atoms with E-state index in [2.05, 4.69) is 0 Å². The van der Waals surface area contributed by atoms with Crippen LogP contribution in [0.2, 0.25) is 0 Å². The van der Waals surface area contributed by atoms with Crippen LogP contribution in [0, 0.1) is 0 Å². The van der Waals surface area contributed by atoms with Crippen LogP contribution in [-0.2, 0) is 14.4 Å². The minimum atomic E-state index is -0.961. The van der Waals surface area contributed by atoms with Gasteiger partial charge in [-0.25, -0.2) is 0 Å². The summed E-state index contributed by atoms with van der Waals surface area (Å²) in [5.74, 6) is -0.542. The van der Waals surface area contributed by atoms with E-state index in [0.717, 1.165) is 0 Å². The molecule has 2 unspecified atom stereocenters. The minimum absolute atomic E-state index is 0.362. The summed E-state index contributed by atoms with van der Waals surface area (Å²) in [5.41, 5.74) is 1.07. The molecule has 0 spiro atoms. The van der Waals surface area contributed by atoms with E-state index in [1.165, 1.54) is 13.8 Å². The van der Waals surface area contributed by atoms with Gasteiger partial charge in [0.15, 0.2) is 5.78 Å². The Morgan fingerprint density at radius 1 is 0.692 bits per heavy atom. The van der Waals surface area contributed by atoms with Gasteiger partial charge in [-0.1, -0.05) is 24.3 Å². The molecule has 0 aliphatic heterocycles. The Balaban J connectivity index is 2.08. The SMILES string of the molecule is CC(=O)Oc1ccc(C(Cl)C(=O)C(Cl)c2ccc(OC(C)=O)cc2)cc1. The van der Waals surface area contributed by atoms with Gasteiger partial charge in [0.05, 0.1) is 0 Å². The van der Waals surface area contributed by atoms with Crippen LogP contribution in [0.5, 0.6) is 11.5 Å². The number of benzene rings is 2. The topological polar surface area (TPSA) is 69.7 Å². The van der Waals surface area contributed by atoms with Gasteiger partial charge in [0, 0.05) is 13.8 Å². The Labute approximate surface area is 160 Å². The number of alkyl halides is 2. The van der Waals surface area contributed by atoms with Crippen molar-refractivity contribution in [2.45, 2.75) is 24.6 Å². The minimum Gasteiger partial charge on any atom is -0.427 e. The van der Waals surface area contributed by atoms with Crippen molar-refractivity contribution in [2.24, 2.45) is 0 Å². The van der Waals surface area contributed by atoms with Gasteiger partial charge in [-0.2, -0.15) is 0 Å². The average Bonchev–Trinajstić information content (AvgIpc) is 2.60. The largest absolute Gasteiger partial charge is 0.427 e. The zero-order valence-corrected chi connectivity index (χ0v) is 15.6. The molecule has 5 nitrogen and oxygen atoms in total. The first-order valence-corrected chi connectivity index (χ1v) is 8.54. The van der Waals surface area contributed by atoms with E-state index in [9.17, 15) is 14.4 Å². The zero-order valence-electron chi connectivity index (χ0n) is 14.1. The monoisotopic (exact) mass is 394 g/mol. The van der Waals surface area contributed by atoms with Crippen molar-refractivity contribution in [3.8, 4) is 11.5 Å². The summed E-state index contributed by atoms with van der Waals surface area (Å²) in [6, 6.07) is 12.6. The number of halogens is 2. The Morgan fingerprint density at radius 3 is 1.27 bits per heavy atom. The molecule has 0 bridgehead atoms. The molecule has 0 saturated heterocycles. The second-order valence-electron chi connectivity index (χ2n) is 5.45. The lowest BCUT2D eigenvalue weighted by Crippen LogP contribution is -2.13. The molecule has 0 aliphatic carbocycles. The van der Waals surface area contributed by atoms with Crippen molar-refractivity contribution < 1.29 is 23.9 Å². The van der Waals surface area contributed by atoms with Gasteiger partial charge in [0.2, 0.25) is 0 Å². The highest BCUT2D eigenvalue weighted by Gasteiger charge is 2.26. The van der Waals surface area contributed by atoms with Crippen LogP contribution in [0.15, 0.2) is 48.5 Å². The van der Waals surface area contributed by atoms with Crippen molar-refractivity contribution in [3.05, 3.63) is 59.7 Å². The number of carbonyl (C=O) groups excluding carboxylic acids is 3. The first-order valence-electron chi connectivity index (χ1n) is 7.66. The number of Topliss-reactive ketones (excluding diaryl/α,β-unsaturated/α-hetero) is 1. The average molecular weight is 395 g/mol. The Morgan fingerprint density at radius 2 is 1.00 bits per heavy atom. The number of hydrogen-bond acceptors (Lipinski definition) is 5. The fourth-order valence-electron chi connectivity index (χ4n) is 2.20. The summed E-state index contributed by atoms with van der Waals surface area (Å²) in [6.45, 7) is 2.60. The molecule has 136 valence electrons. The standard InChI is InChI=1S/C19H16Cl2O5/c1-11(22)25-15-7-3-13(4-8-15)17(20)19(24)18(21)14-5-9-16(10-6-14)26-12(2)23/h3-10,17-18H,1-2H3. The van der Waals surface area contributed by atoms with Crippen molar-refractivity contribution in [1.29, 1.82) is 0 Å². The zero-order chi connectivity index (χ0) is 19.3. The molecule has 26 heavy (non-hydrogen) atoms. The maximum Gasteiger partial charge on any atom is 0.308 e. The van der Waals surface area contributed by atoms with E-state index in [4.69, 9.17) is 32.7 Å². The third kappa shape index (κ3) is 5.31. The molecule has 7 heteroatoms. The van der Waals surface area contributed by atoms with Crippen LogP contribution >= 0.6 is 23.2 Å². The lowest BCUT2D eigenvalue weighted by Gasteiger charge is -2.14. The fourth-order valence-corrected chi connectivity index (χ4v) is 2.81. The molecule has 0 aromatic heterocycles. The van der Waals surface area contributed by atoms with Gasteiger partial charge in [0.1, 0.15) is 22.3 Å². The van der Waals surface area contributed by atoms with E-state index < -0.39 is 28.5 Å². The molecule has 0 aliphatic rings. The molecule has 2 rings (SSSR count). The number of esters is 2. The quantitative estimate of drug-likeness (QED) is 0.413. The summed E-state index contributed by atoms with van der Waals surface area (Å²) < 4.78 is 9.87. The summed E-state index contributed by atoms with van der Waals surface area (Å²) in [4.78, 5) is 34.4. The van der Waals surface area contributed by atoms with Gasteiger partial charge < -0.3 is 9.47 Å². The van der Waals surface area contributed by atoms with E-state index in [0.29, 0.717) is 22.6 Å². The second kappa shape index (κ2) is 8.83. The molecule has 0 amide bonds. The first kappa shape index (κ1) is 19.9. The van der Waals surface area contributed by atoms with Crippen LogP contribution in [-0.4, -0.2) is 17.7 Å². The molecule has 0 saturated carbocycles. The maximum absolute atomic E-state index is 12.5. The summed E-state index contributed by atoms with van der Waals surface area (Å²) in [6.07, 6.45) is 0. The lowest BCUT2D eigenvalue weighted by molar-refractivity contribution is -0.132. The Kier molecular flexibility index (Phi) is 6.77. The molecular weight excluding hydrogens is 379 g/mol. The predicted octanol–water partition coefficient (Wildman–Crippen LogP) is 4.37. The highest BCUT2D eigenvalue weighted by atomic mass is 35.5. The van der Waals surface area contributed by atoms with Gasteiger partial charge in [-0.05, 0) is 35.4 Å². The maximum atomic E-state index is 12.5. The Bertz CT molecular complexity index is 732. The number of ether oxygens (including phenoxy) is 2. The van der Waals surface area contributed by atoms with Gasteiger partial charge in [-0.15, -0.1) is 23.2 Å². The van der Waals surface area contributed by atoms with Crippen LogP contribution in [0.3, 0.4) is 0 Å². The van der Waals surface area contributed by atoms with E-state index in [-0.39, 0.29) is 0 Å². The first-order chi connectivity index (χ1) is 12.3.